The predicted octanol–water partition coefficient (Wildman–Crippen LogP) is 6.02. The fourth-order valence-electron chi connectivity index (χ4n) is 2.53. The zero-order valence-electron chi connectivity index (χ0n) is 12.4. The number of aryl methyl sites for hydroxylation is 2. The molecule has 0 bridgehead atoms. The second kappa shape index (κ2) is 6.94. The number of hydrogen-bond donors (Lipinski definition) is 1. The quantitative estimate of drug-likeness (QED) is 0.706. The van der Waals surface area contributed by atoms with Gasteiger partial charge in [0.05, 0.1) is 6.04 Å². The van der Waals surface area contributed by atoms with Crippen LogP contribution >= 0.6 is 15.9 Å². The molecule has 0 aromatic heterocycles. The van der Waals surface area contributed by atoms with Gasteiger partial charge in [0.15, 0.2) is 0 Å². The molecule has 1 nitrogen and oxygen atoms in total. The second-order valence-corrected chi connectivity index (χ2v) is 6.11. The van der Waals surface area contributed by atoms with E-state index >= 15 is 0 Å². The van der Waals surface area contributed by atoms with E-state index in [1.54, 1.807) is 0 Å². The maximum absolute atomic E-state index is 3.68. The average molecular weight is 332 g/mol. The summed E-state index contributed by atoms with van der Waals surface area (Å²) in [7, 11) is 0. The summed E-state index contributed by atoms with van der Waals surface area (Å²) < 4.78 is 1.20. The van der Waals surface area contributed by atoms with Crippen molar-refractivity contribution in [1.82, 2.24) is 0 Å². The van der Waals surface area contributed by atoms with Gasteiger partial charge in [-0.25, -0.2) is 0 Å². The third kappa shape index (κ3) is 3.63. The van der Waals surface area contributed by atoms with Crippen molar-refractivity contribution in [2.75, 3.05) is 5.32 Å². The predicted molar refractivity (Wildman–Crippen MR) is 91.3 cm³/mol. The molecule has 0 heterocycles. The molecule has 1 N–H and O–H groups in total. The Balaban J connectivity index is 2.25. The first kappa shape index (κ1) is 15.1. The molecule has 20 heavy (non-hydrogen) atoms. The van der Waals surface area contributed by atoms with Gasteiger partial charge >= 0.3 is 0 Å². The summed E-state index contributed by atoms with van der Waals surface area (Å²) >= 11 is 3.63. The molecule has 2 aromatic carbocycles. The van der Waals surface area contributed by atoms with E-state index in [0.29, 0.717) is 6.04 Å². The molecule has 0 aliphatic carbocycles. The van der Waals surface area contributed by atoms with Crippen LogP contribution < -0.4 is 5.32 Å². The second-order valence-electron chi connectivity index (χ2n) is 5.32. The van der Waals surface area contributed by atoms with E-state index in [0.717, 1.165) is 6.42 Å². The Morgan fingerprint density at radius 1 is 1.05 bits per heavy atom. The van der Waals surface area contributed by atoms with Gasteiger partial charge in [-0.15, -0.1) is 0 Å². The first-order valence-corrected chi connectivity index (χ1v) is 7.99. The zero-order valence-corrected chi connectivity index (χ0v) is 14.0. The SMILES string of the molecule is CCCC(Nc1cc(C)c(Br)c(C)c1)c1ccccc1. The van der Waals surface area contributed by atoms with Crippen molar-refractivity contribution in [2.24, 2.45) is 0 Å². The van der Waals surface area contributed by atoms with Crippen molar-refractivity contribution in [3.05, 3.63) is 63.6 Å². The van der Waals surface area contributed by atoms with Gasteiger partial charge in [-0.2, -0.15) is 0 Å². The highest BCUT2D eigenvalue weighted by Gasteiger charge is 2.11. The van der Waals surface area contributed by atoms with E-state index in [2.05, 4.69) is 84.5 Å². The molecule has 1 unspecified atom stereocenters. The summed E-state index contributed by atoms with van der Waals surface area (Å²) in [6.07, 6.45) is 2.30. The minimum Gasteiger partial charge on any atom is -0.378 e. The van der Waals surface area contributed by atoms with Gasteiger partial charge in [0.2, 0.25) is 0 Å². The fourth-order valence-corrected chi connectivity index (χ4v) is 2.76. The Bertz CT molecular complexity index is 540. The maximum atomic E-state index is 3.68. The first-order valence-electron chi connectivity index (χ1n) is 7.20. The van der Waals surface area contributed by atoms with Crippen LogP contribution in [0.25, 0.3) is 0 Å². The highest BCUT2D eigenvalue weighted by atomic mass is 79.9. The van der Waals surface area contributed by atoms with E-state index in [4.69, 9.17) is 0 Å². The van der Waals surface area contributed by atoms with E-state index in [1.165, 1.54) is 33.3 Å². The van der Waals surface area contributed by atoms with Crippen LogP contribution in [0.3, 0.4) is 0 Å². The van der Waals surface area contributed by atoms with Crippen LogP contribution in [0.15, 0.2) is 46.9 Å². The number of rotatable bonds is 5. The molecule has 0 aliphatic heterocycles. The lowest BCUT2D eigenvalue weighted by Gasteiger charge is -2.21. The number of nitrogens with one attached hydrogen (secondary N) is 1. The van der Waals surface area contributed by atoms with Gasteiger partial charge in [-0.3, -0.25) is 0 Å². The summed E-state index contributed by atoms with van der Waals surface area (Å²) in [6.45, 7) is 6.51. The van der Waals surface area contributed by atoms with Crippen LogP contribution in [0.1, 0.15) is 42.5 Å². The number of halogens is 1. The molecule has 2 heteroatoms. The van der Waals surface area contributed by atoms with Crippen LogP contribution in [-0.4, -0.2) is 0 Å². The monoisotopic (exact) mass is 331 g/mol. The van der Waals surface area contributed by atoms with Crippen LogP contribution in [0.4, 0.5) is 5.69 Å². The minimum atomic E-state index is 0.376. The molecule has 0 radical (unpaired) electrons. The van der Waals surface area contributed by atoms with E-state index in [1.807, 2.05) is 0 Å². The van der Waals surface area contributed by atoms with Crippen molar-refractivity contribution in [2.45, 2.75) is 39.7 Å². The van der Waals surface area contributed by atoms with Gasteiger partial charge in [0.25, 0.3) is 0 Å². The van der Waals surface area contributed by atoms with Gasteiger partial charge < -0.3 is 5.32 Å². The molecule has 0 fully saturated rings. The normalized spacial score (nSPS) is 12.2. The molecule has 0 spiro atoms. The van der Waals surface area contributed by atoms with Gasteiger partial charge in [-0.05, 0) is 49.1 Å². The molecular formula is C18H22BrN. The Kier molecular flexibility index (Phi) is 5.24. The first-order chi connectivity index (χ1) is 9.61. The van der Waals surface area contributed by atoms with Crippen molar-refractivity contribution in [3.63, 3.8) is 0 Å². The summed E-state index contributed by atoms with van der Waals surface area (Å²) in [6, 6.07) is 15.5. The number of anilines is 1. The van der Waals surface area contributed by atoms with Crippen molar-refractivity contribution in [1.29, 1.82) is 0 Å². The van der Waals surface area contributed by atoms with Crippen molar-refractivity contribution in [3.8, 4) is 0 Å². The van der Waals surface area contributed by atoms with Crippen molar-refractivity contribution < 1.29 is 0 Å². The summed E-state index contributed by atoms with van der Waals surface area (Å²) in [4.78, 5) is 0. The van der Waals surface area contributed by atoms with Crippen LogP contribution in [0.5, 0.6) is 0 Å². The van der Waals surface area contributed by atoms with Gasteiger partial charge in [0, 0.05) is 10.2 Å². The third-order valence-corrected chi connectivity index (χ3v) is 4.81. The average Bonchev–Trinajstić information content (AvgIpc) is 2.45. The highest BCUT2D eigenvalue weighted by molar-refractivity contribution is 9.10. The lowest BCUT2D eigenvalue weighted by molar-refractivity contribution is 0.677. The summed E-state index contributed by atoms with van der Waals surface area (Å²) in [5.74, 6) is 0. The summed E-state index contributed by atoms with van der Waals surface area (Å²) in [5.41, 5.74) is 5.10. The maximum Gasteiger partial charge on any atom is 0.0513 e. The van der Waals surface area contributed by atoms with Gasteiger partial charge in [0.1, 0.15) is 0 Å². The number of benzene rings is 2. The lowest BCUT2D eigenvalue weighted by Crippen LogP contribution is -2.10. The molecular weight excluding hydrogens is 310 g/mol. The summed E-state index contributed by atoms with van der Waals surface area (Å²) in [5, 5.41) is 3.68. The number of hydrogen-bond acceptors (Lipinski definition) is 1. The van der Waals surface area contributed by atoms with E-state index in [9.17, 15) is 0 Å². The largest absolute Gasteiger partial charge is 0.378 e. The van der Waals surface area contributed by atoms with Crippen LogP contribution in [0.2, 0.25) is 0 Å². The molecule has 0 saturated carbocycles. The minimum absolute atomic E-state index is 0.376. The topological polar surface area (TPSA) is 12.0 Å². The van der Waals surface area contributed by atoms with Crippen LogP contribution in [0, 0.1) is 13.8 Å². The molecule has 106 valence electrons. The fraction of sp³-hybridized carbons (Fsp3) is 0.333. The van der Waals surface area contributed by atoms with Crippen molar-refractivity contribution >= 4 is 21.6 Å². The van der Waals surface area contributed by atoms with Crippen LogP contribution in [-0.2, 0) is 0 Å². The van der Waals surface area contributed by atoms with E-state index in [-0.39, 0.29) is 0 Å². The lowest BCUT2D eigenvalue weighted by atomic mass is 10.0. The van der Waals surface area contributed by atoms with Gasteiger partial charge in [-0.1, -0.05) is 59.6 Å². The molecule has 2 rings (SSSR count). The third-order valence-electron chi connectivity index (χ3n) is 3.56. The Labute approximate surface area is 130 Å². The standard InChI is InChI=1S/C18H22BrN/c1-4-8-17(15-9-6-5-7-10-15)20-16-11-13(2)18(19)14(3)12-16/h5-7,9-12,17,20H,4,8H2,1-3H3. The smallest absolute Gasteiger partial charge is 0.0513 e. The zero-order chi connectivity index (χ0) is 14.5. The molecule has 0 saturated heterocycles. The molecule has 1 atom stereocenters. The molecule has 2 aromatic rings. The Hall–Kier alpha value is -1.28. The molecule has 0 aliphatic rings. The Morgan fingerprint density at radius 3 is 2.20 bits per heavy atom. The Morgan fingerprint density at radius 2 is 1.65 bits per heavy atom. The molecule has 0 amide bonds. The highest BCUT2D eigenvalue weighted by Crippen LogP contribution is 2.29. The van der Waals surface area contributed by atoms with E-state index < -0.39 is 0 Å².